The minimum absolute atomic E-state index is 0.352. The number of fused-ring (bicyclic) bond motifs is 2. The summed E-state index contributed by atoms with van der Waals surface area (Å²) in [5.41, 5.74) is 2.14. The number of benzene rings is 2. The molecule has 0 bridgehead atoms. The highest BCUT2D eigenvalue weighted by molar-refractivity contribution is 7.98. The summed E-state index contributed by atoms with van der Waals surface area (Å²) < 4.78 is 16.0. The number of carbonyl (C=O) groups excluding carboxylic acids is 2. The van der Waals surface area contributed by atoms with Gasteiger partial charge in [0.1, 0.15) is 19.3 Å². The molecular formula is C23H23N3O6S. The highest BCUT2D eigenvalue weighted by Crippen LogP contribution is 2.31. The molecule has 0 fully saturated rings. The van der Waals surface area contributed by atoms with Crippen molar-refractivity contribution < 1.29 is 23.5 Å². The maximum Gasteiger partial charge on any atom is 0.417 e. The molecule has 10 heteroatoms. The number of anilines is 1. The van der Waals surface area contributed by atoms with Crippen molar-refractivity contribution >= 4 is 46.4 Å². The van der Waals surface area contributed by atoms with Crippen LogP contribution in [0.2, 0.25) is 0 Å². The Morgan fingerprint density at radius 1 is 1.15 bits per heavy atom. The topological polar surface area (TPSA) is 123 Å². The van der Waals surface area contributed by atoms with Crippen molar-refractivity contribution in [1.82, 2.24) is 10.3 Å². The highest BCUT2D eigenvalue weighted by atomic mass is 32.2. The summed E-state index contributed by atoms with van der Waals surface area (Å²) in [6, 6.07) is 9.52. The second-order valence-electron chi connectivity index (χ2n) is 7.29. The molecule has 0 saturated carbocycles. The lowest BCUT2D eigenvalue weighted by molar-refractivity contribution is -0.123. The zero-order chi connectivity index (χ0) is 23.2. The molecule has 1 aliphatic heterocycles. The maximum absolute atomic E-state index is 12.8. The molecule has 0 saturated heterocycles. The summed E-state index contributed by atoms with van der Waals surface area (Å²) in [4.78, 5) is 39.2. The average Bonchev–Trinajstić information content (AvgIpc) is 3.19. The zero-order valence-corrected chi connectivity index (χ0v) is 18.7. The molecule has 0 aliphatic carbocycles. The van der Waals surface area contributed by atoms with E-state index in [1.54, 1.807) is 48.2 Å². The van der Waals surface area contributed by atoms with Crippen LogP contribution in [0.5, 0.6) is 11.5 Å². The first kappa shape index (κ1) is 22.5. The molecule has 2 aromatic carbocycles. The van der Waals surface area contributed by atoms with Crippen molar-refractivity contribution in [1.29, 1.82) is 0 Å². The smallest absolute Gasteiger partial charge is 0.417 e. The predicted molar refractivity (Wildman–Crippen MR) is 127 cm³/mol. The standard InChI is InChI=1S/C23H23N3O6S/c1-33-11-8-16(22(28)24-15-4-6-18-17(13-15)26-23(29)32-18)25-21(27)7-3-14-2-5-19-20(12-14)31-10-9-30-19/h2-7,12-13,16H,8-11H2,1H3,(H,24,28)(H,25,27)(H,26,29)/b7-3+. The van der Waals surface area contributed by atoms with E-state index in [4.69, 9.17) is 13.9 Å². The van der Waals surface area contributed by atoms with Crippen LogP contribution in [-0.2, 0) is 9.59 Å². The molecule has 0 radical (unpaired) electrons. The van der Waals surface area contributed by atoms with Gasteiger partial charge in [0.05, 0.1) is 5.52 Å². The SMILES string of the molecule is CSCCC(NC(=O)/C=C/c1ccc2c(c1)OCCO2)C(=O)Nc1ccc2oc(=O)[nH]c2c1. The summed E-state index contributed by atoms with van der Waals surface area (Å²) >= 11 is 1.58. The van der Waals surface area contributed by atoms with Crippen LogP contribution in [0.4, 0.5) is 5.69 Å². The normalized spacial score (nSPS) is 13.7. The maximum atomic E-state index is 12.8. The van der Waals surface area contributed by atoms with Crippen molar-refractivity contribution in [2.24, 2.45) is 0 Å². The third-order valence-electron chi connectivity index (χ3n) is 4.92. The van der Waals surface area contributed by atoms with E-state index >= 15 is 0 Å². The summed E-state index contributed by atoms with van der Waals surface area (Å²) in [5.74, 6) is 0.698. The van der Waals surface area contributed by atoms with Crippen LogP contribution in [0.1, 0.15) is 12.0 Å². The van der Waals surface area contributed by atoms with E-state index in [0.29, 0.717) is 53.7 Å². The second-order valence-corrected chi connectivity index (χ2v) is 8.28. The molecule has 9 nitrogen and oxygen atoms in total. The number of hydrogen-bond acceptors (Lipinski definition) is 7. The third-order valence-corrected chi connectivity index (χ3v) is 5.57. The molecule has 1 aromatic heterocycles. The van der Waals surface area contributed by atoms with E-state index in [2.05, 4.69) is 15.6 Å². The number of aromatic amines is 1. The van der Waals surface area contributed by atoms with Gasteiger partial charge >= 0.3 is 5.76 Å². The van der Waals surface area contributed by atoms with E-state index < -0.39 is 11.8 Å². The van der Waals surface area contributed by atoms with Crippen molar-refractivity contribution in [3.8, 4) is 11.5 Å². The molecular weight excluding hydrogens is 446 g/mol. The summed E-state index contributed by atoms with van der Waals surface area (Å²) in [6.45, 7) is 0.995. The number of H-pyrrole nitrogens is 1. The van der Waals surface area contributed by atoms with Crippen LogP contribution in [0, 0.1) is 0 Å². The third kappa shape index (κ3) is 5.78. The lowest BCUT2D eigenvalue weighted by atomic mass is 10.1. The molecule has 0 spiro atoms. The fraction of sp³-hybridized carbons (Fsp3) is 0.261. The summed E-state index contributed by atoms with van der Waals surface area (Å²) in [6.07, 6.45) is 5.43. The molecule has 2 amide bonds. The first-order chi connectivity index (χ1) is 16.0. The number of nitrogens with one attached hydrogen (secondary N) is 3. The zero-order valence-electron chi connectivity index (χ0n) is 17.9. The Bertz CT molecular complexity index is 1250. The lowest BCUT2D eigenvalue weighted by Crippen LogP contribution is -2.43. The Kier molecular flexibility index (Phi) is 7.04. The summed E-state index contributed by atoms with van der Waals surface area (Å²) in [5, 5.41) is 5.55. The van der Waals surface area contributed by atoms with Crippen LogP contribution >= 0.6 is 11.8 Å². The number of oxazole rings is 1. The van der Waals surface area contributed by atoms with E-state index in [1.165, 1.54) is 6.08 Å². The predicted octanol–water partition coefficient (Wildman–Crippen LogP) is 2.78. The van der Waals surface area contributed by atoms with Gasteiger partial charge in [0, 0.05) is 11.8 Å². The highest BCUT2D eigenvalue weighted by Gasteiger charge is 2.20. The van der Waals surface area contributed by atoms with Crippen molar-refractivity contribution in [3.63, 3.8) is 0 Å². The molecule has 4 rings (SSSR count). The van der Waals surface area contributed by atoms with Gasteiger partial charge in [-0.25, -0.2) is 4.79 Å². The van der Waals surface area contributed by atoms with Gasteiger partial charge in [-0.3, -0.25) is 14.6 Å². The Labute approximate surface area is 193 Å². The van der Waals surface area contributed by atoms with E-state index in [0.717, 1.165) is 5.56 Å². The van der Waals surface area contributed by atoms with Gasteiger partial charge in [-0.15, -0.1) is 0 Å². The number of aromatic nitrogens is 1. The fourth-order valence-corrected chi connectivity index (χ4v) is 3.79. The van der Waals surface area contributed by atoms with Gasteiger partial charge in [-0.1, -0.05) is 6.07 Å². The fourth-order valence-electron chi connectivity index (χ4n) is 3.32. The largest absolute Gasteiger partial charge is 0.486 e. The van der Waals surface area contributed by atoms with Crippen LogP contribution < -0.4 is 25.9 Å². The average molecular weight is 470 g/mol. The molecule has 1 aliphatic rings. The Balaban J connectivity index is 1.41. The summed E-state index contributed by atoms with van der Waals surface area (Å²) in [7, 11) is 0. The number of thioether (sulfide) groups is 1. The molecule has 3 N–H and O–H groups in total. The van der Waals surface area contributed by atoms with E-state index in [1.807, 2.05) is 12.3 Å². The quantitative estimate of drug-likeness (QED) is 0.434. The molecule has 1 atom stereocenters. The molecule has 2 heterocycles. The van der Waals surface area contributed by atoms with Gasteiger partial charge < -0.3 is 24.5 Å². The Morgan fingerprint density at radius 3 is 2.79 bits per heavy atom. The van der Waals surface area contributed by atoms with Crippen LogP contribution in [0.3, 0.4) is 0 Å². The minimum atomic E-state index is -0.728. The number of hydrogen-bond donors (Lipinski definition) is 3. The Hall–Kier alpha value is -3.66. The minimum Gasteiger partial charge on any atom is -0.486 e. The number of ether oxygens (including phenoxy) is 2. The van der Waals surface area contributed by atoms with Gasteiger partial charge in [-0.05, 0) is 60.4 Å². The molecule has 33 heavy (non-hydrogen) atoms. The number of amides is 2. The van der Waals surface area contributed by atoms with Crippen molar-refractivity contribution in [2.45, 2.75) is 12.5 Å². The first-order valence-corrected chi connectivity index (χ1v) is 11.7. The van der Waals surface area contributed by atoms with Gasteiger partial charge in [0.2, 0.25) is 11.8 Å². The van der Waals surface area contributed by atoms with E-state index in [9.17, 15) is 14.4 Å². The lowest BCUT2D eigenvalue weighted by Gasteiger charge is -2.18. The molecule has 3 aromatic rings. The van der Waals surface area contributed by atoms with Gasteiger partial charge in [0.25, 0.3) is 0 Å². The van der Waals surface area contributed by atoms with Crippen molar-refractivity contribution in [2.75, 3.05) is 30.5 Å². The van der Waals surface area contributed by atoms with Crippen LogP contribution in [-0.4, -0.2) is 48.1 Å². The van der Waals surface area contributed by atoms with E-state index in [-0.39, 0.29) is 11.8 Å². The van der Waals surface area contributed by atoms with Crippen LogP contribution in [0.15, 0.2) is 51.7 Å². The number of carbonyl (C=O) groups is 2. The first-order valence-electron chi connectivity index (χ1n) is 10.3. The second kappa shape index (κ2) is 10.3. The van der Waals surface area contributed by atoms with Gasteiger partial charge in [-0.2, -0.15) is 11.8 Å². The molecule has 1 unspecified atom stereocenters. The number of rotatable bonds is 8. The monoisotopic (exact) mass is 469 g/mol. The van der Waals surface area contributed by atoms with Crippen LogP contribution in [0.25, 0.3) is 17.2 Å². The van der Waals surface area contributed by atoms with Gasteiger partial charge in [0.15, 0.2) is 17.1 Å². The molecule has 172 valence electrons. The van der Waals surface area contributed by atoms with Crippen molar-refractivity contribution in [3.05, 3.63) is 58.6 Å². The Morgan fingerprint density at radius 2 is 1.97 bits per heavy atom.